The smallest absolute Gasteiger partial charge is 0.306 e. The molecular weight excluding hydrogens is 616 g/mol. The number of quaternary nitrogens is 1. The summed E-state index contributed by atoms with van der Waals surface area (Å²) >= 11 is 0. The molecule has 0 aromatic rings. The molecule has 0 spiro atoms. The van der Waals surface area contributed by atoms with Crippen LogP contribution in [0, 0.1) is 34.5 Å². The lowest BCUT2D eigenvalue weighted by molar-refractivity contribution is -0.952. The second kappa shape index (κ2) is 13.7. The van der Waals surface area contributed by atoms with E-state index in [0.717, 1.165) is 43.4 Å². The van der Waals surface area contributed by atoms with Gasteiger partial charge in [-0.15, -0.1) is 0 Å². The van der Waals surface area contributed by atoms with Crippen molar-refractivity contribution in [3.05, 3.63) is 12.7 Å². The van der Waals surface area contributed by atoms with Crippen molar-refractivity contribution in [2.24, 2.45) is 34.5 Å². The second-order valence-corrected chi connectivity index (χ2v) is 16.2. The fourth-order valence-electron chi connectivity index (χ4n) is 12.2. The Morgan fingerprint density at radius 2 is 1.64 bits per heavy atom. The van der Waals surface area contributed by atoms with Crippen LogP contribution >= 0.6 is 0 Å². The van der Waals surface area contributed by atoms with Gasteiger partial charge in [-0.3, -0.25) is 14.5 Å². The molecule has 0 aromatic heterocycles. The van der Waals surface area contributed by atoms with E-state index in [2.05, 4.69) is 31.4 Å². The lowest BCUT2D eigenvalue weighted by atomic mass is 9.44. The predicted octanol–water partition coefficient (Wildman–Crippen LogP) is 3.92. The minimum atomic E-state index is -0.114. The van der Waals surface area contributed by atoms with Crippen LogP contribution in [0.3, 0.4) is 0 Å². The van der Waals surface area contributed by atoms with Crippen LogP contribution in [0.25, 0.3) is 0 Å². The average Bonchev–Trinajstić information content (AvgIpc) is 3.30. The van der Waals surface area contributed by atoms with E-state index >= 15 is 0 Å². The van der Waals surface area contributed by atoms with Crippen molar-refractivity contribution >= 4 is 11.9 Å². The van der Waals surface area contributed by atoms with Crippen LogP contribution < -0.4 is 17.0 Å². The second-order valence-electron chi connectivity index (χ2n) is 16.2. The molecule has 6 nitrogen and oxygen atoms in total. The van der Waals surface area contributed by atoms with E-state index in [4.69, 9.17) is 9.47 Å². The zero-order chi connectivity index (χ0) is 30.4. The van der Waals surface area contributed by atoms with Gasteiger partial charge in [0.2, 0.25) is 0 Å². The number of ether oxygens (including phenoxy) is 2. The number of halogens is 1. The first-order valence-electron chi connectivity index (χ1n) is 18.2. The summed E-state index contributed by atoms with van der Waals surface area (Å²) in [5, 5.41) is 0. The highest BCUT2D eigenvalue weighted by atomic mass is 79.9. The van der Waals surface area contributed by atoms with Crippen LogP contribution in [0.2, 0.25) is 0 Å². The number of fused-ring (bicyclic) bond motifs is 5. The summed E-state index contributed by atoms with van der Waals surface area (Å²) in [5.41, 5.74) is 0.320. The number of nitrogens with zero attached hydrogens (tertiary/aromatic N) is 2. The molecule has 0 bridgehead atoms. The van der Waals surface area contributed by atoms with Crippen molar-refractivity contribution in [2.45, 2.75) is 142 Å². The van der Waals surface area contributed by atoms with Crippen LogP contribution in [-0.4, -0.2) is 78.3 Å². The van der Waals surface area contributed by atoms with Gasteiger partial charge in [0.15, 0.2) is 6.10 Å². The normalized spacial score (nSPS) is 43.4. The Morgan fingerprint density at radius 1 is 0.932 bits per heavy atom. The molecule has 0 N–H and O–H groups in total. The van der Waals surface area contributed by atoms with Gasteiger partial charge in [-0.2, -0.15) is 0 Å². The third-order valence-electron chi connectivity index (χ3n) is 14.2. The van der Waals surface area contributed by atoms with Crippen molar-refractivity contribution in [3.8, 4) is 0 Å². The SMILES string of the molecule is C=CC[N+]1([C@H]2C[C@H]3[C@@H]4CC[C@H]5C[C@H](OC(C)=O)[C@@H](N6CCCCC6)C[C@]5(C)[C@H]4CC[C@]3(C)[C@H]2OC(=O)CC)CCCCC1.[Br-]. The van der Waals surface area contributed by atoms with Crippen LogP contribution in [0.15, 0.2) is 12.7 Å². The standard InChI is InChI=1S/C37H61N2O4.BrH/c1-6-20-39(21-12-9-13-22-39)32-24-30-28-15-14-27-23-33(42-26(3)40)31(38-18-10-8-11-19-38)25-37(27,5)29(28)16-17-36(30,4)35(32)43-34(41)7-2;/h6,27-33,35H,1,7-25H2,2-5H3;1H/q+1;/p-1/t27-,28+,29-,30-,31-,32-,33-,35-,36-,37-;/m0./s1. The van der Waals surface area contributed by atoms with Crippen molar-refractivity contribution in [1.29, 1.82) is 0 Å². The third-order valence-corrected chi connectivity index (χ3v) is 14.2. The summed E-state index contributed by atoms with van der Waals surface area (Å²) in [6.07, 6.45) is 18.7. The fraction of sp³-hybridized carbons (Fsp3) is 0.892. The molecule has 0 amide bonds. The van der Waals surface area contributed by atoms with E-state index < -0.39 is 0 Å². The molecule has 0 radical (unpaired) electrons. The zero-order valence-electron chi connectivity index (χ0n) is 28.2. The summed E-state index contributed by atoms with van der Waals surface area (Å²) in [6, 6.07) is 0.732. The topological polar surface area (TPSA) is 55.8 Å². The van der Waals surface area contributed by atoms with E-state index in [0.29, 0.717) is 42.2 Å². The van der Waals surface area contributed by atoms with Gasteiger partial charge in [-0.05, 0) is 119 Å². The van der Waals surface area contributed by atoms with E-state index in [1.165, 1.54) is 77.3 Å². The van der Waals surface area contributed by atoms with Crippen molar-refractivity contribution in [3.63, 3.8) is 0 Å². The maximum absolute atomic E-state index is 13.0. The predicted molar refractivity (Wildman–Crippen MR) is 170 cm³/mol. The number of hydrogen-bond acceptors (Lipinski definition) is 5. The average molecular weight is 678 g/mol. The molecule has 4 saturated carbocycles. The maximum atomic E-state index is 13.0. The Kier molecular flexibility index (Phi) is 10.7. The van der Waals surface area contributed by atoms with Crippen LogP contribution in [0.5, 0.6) is 0 Å². The quantitative estimate of drug-likeness (QED) is 0.233. The molecule has 0 unspecified atom stereocenters. The largest absolute Gasteiger partial charge is 1.00 e. The highest BCUT2D eigenvalue weighted by molar-refractivity contribution is 5.69. The number of esters is 2. The molecule has 250 valence electrons. The van der Waals surface area contributed by atoms with Gasteiger partial charge in [0.1, 0.15) is 12.1 Å². The Morgan fingerprint density at radius 3 is 2.30 bits per heavy atom. The number of likely N-dealkylation sites (tertiary alicyclic amines) is 2. The minimum absolute atomic E-state index is 0. The van der Waals surface area contributed by atoms with Gasteiger partial charge in [0.05, 0.1) is 19.6 Å². The van der Waals surface area contributed by atoms with Gasteiger partial charge in [-0.25, -0.2) is 0 Å². The van der Waals surface area contributed by atoms with Crippen molar-refractivity contribution in [2.75, 3.05) is 32.7 Å². The molecule has 4 aliphatic carbocycles. The number of piperidine rings is 2. The van der Waals surface area contributed by atoms with Crippen LogP contribution in [0.4, 0.5) is 0 Å². The highest BCUT2D eigenvalue weighted by Crippen LogP contribution is 2.68. The fourth-order valence-corrected chi connectivity index (χ4v) is 12.2. The summed E-state index contributed by atoms with van der Waals surface area (Å²) in [5.74, 6) is 2.48. The number of hydrogen-bond donors (Lipinski definition) is 0. The summed E-state index contributed by atoms with van der Waals surface area (Å²) in [4.78, 5) is 27.9. The molecule has 10 atom stereocenters. The molecular formula is C37H61BrN2O4. The lowest BCUT2D eigenvalue weighted by Crippen LogP contribution is -3.00. The van der Waals surface area contributed by atoms with E-state index in [-0.39, 0.29) is 52.0 Å². The number of rotatable bonds is 7. The zero-order valence-corrected chi connectivity index (χ0v) is 29.8. The summed E-state index contributed by atoms with van der Waals surface area (Å²) in [7, 11) is 0. The molecule has 6 rings (SSSR count). The first kappa shape index (κ1) is 34.4. The number of carbonyl (C=O) groups is 2. The maximum Gasteiger partial charge on any atom is 0.306 e. The van der Waals surface area contributed by atoms with Crippen molar-refractivity contribution < 1.29 is 40.5 Å². The first-order valence-corrected chi connectivity index (χ1v) is 18.2. The Bertz CT molecular complexity index is 1040. The summed E-state index contributed by atoms with van der Waals surface area (Å²) in [6.45, 7) is 18.6. The van der Waals surface area contributed by atoms with E-state index in [9.17, 15) is 9.59 Å². The monoisotopic (exact) mass is 676 g/mol. The van der Waals surface area contributed by atoms with Crippen molar-refractivity contribution in [1.82, 2.24) is 4.90 Å². The third kappa shape index (κ3) is 5.98. The summed E-state index contributed by atoms with van der Waals surface area (Å²) < 4.78 is 13.8. The lowest BCUT2D eigenvalue weighted by Gasteiger charge is -2.62. The molecule has 2 heterocycles. The van der Waals surface area contributed by atoms with Gasteiger partial charge >= 0.3 is 11.9 Å². The minimum Gasteiger partial charge on any atom is -1.00 e. The Balaban J connectivity index is 0.00000384. The number of carbonyl (C=O) groups excluding carboxylic acids is 2. The molecule has 0 aromatic carbocycles. The molecule has 6 fully saturated rings. The molecule has 7 heteroatoms. The Labute approximate surface area is 278 Å². The molecule has 6 aliphatic rings. The van der Waals surface area contributed by atoms with Crippen LogP contribution in [0.1, 0.15) is 118 Å². The van der Waals surface area contributed by atoms with Gasteiger partial charge < -0.3 is 30.9 Å². The Hall–Kier alpha value is -0.920. The van der Waals surface area contributed by atoms with Gasteiger partial charge in [0.25, 0.3) is 0 Å². The van der Waals surface area contributed by atoms with Gasteiger partial charge in [0, 0.05) is 31.2 Å². The van der Waals surface area contributed by atoms with Crippen LogP contribution in [-0.2, 0) is 19.1 Å². The molecule has 2 aliphatic heterocycles. The van der Waals surface area contributed by atoms with E-state index in [1.807, 2.05) is 6.92 Å². The first-order chi connectivity index (χ1) is 20.6. The molecule has 44 heavy (non-hydrogen) atoms. The van der Waals surface area contributed by atoms with Gasteiger partial charge in [-0.1, -0.05) is 33.8 Å². The van der Waals surface area contributed by atoms with E-state index in [1.54, 1.807) is 6.92 Å². The highest BCUT2D eigenvalue weighted by Gasteiger charge is 2.67. The molecule has 2 saturated heterocycles.